The smallest absolute Gasteiger partial charge is 0.524 e. The number of carbonyl (C=O) groups is 3. The fourth-order valence-electron chi connectivity index (χ4n) is 14.7. The number of hydrogen-bond donors (Lipinski definition) is 6. The molecular weight excluding hydrogens is 1050 g/mol. The predicted octanol–water partition coefficient (Wildman–Crippen LogP) is 5.38. The number of aliphatic hydroxyl groups is 2. The molecule has 2 aromatic rings. The van der Waals surface area contributed by atoms with Crippen molar-refractivity contribution in [3.63, 3.8) is 0 Å². The number of nitrogens with zero attached hydrogens (tertiary/aromatic N) is 1. The zero-order valence-corrected chi connectivity index (χ0v) is 48.8. The summed E-state index contributed by atoms with van der Waals surface area (Å²) in [4.78, 5) is 60.1. The van der Waals surface area contributed by atoms with Crippen molar-refractivity contribution in [2.24, 2.45) is 46.2 Å². The second-order valence-corrected chi connectivity index (χ2v) is 26.0. The standard InChI is InChI=1S/C61H90N3O13P.ClH/c1-60-30-29-46(65)36-45(60)26-27-47-53(60)49(66)37-61(2)54(47)56-57(76-59(75-56)42-22-11-8-12-23-42)55(61)51(68)40-74-58(69)48(62)24-13-16-32-64(3,4)39-44-35-43(25-28-52(44)77-78(70,71)72)50(67)38-63-31-15-5-6-17-33-73-34-18-14-21-41-19-9-7-10-20-41;/h7,9-10,19-20,25,28-30,35-36,42,47-50,53-57,59,63,66-67H,5-6,8,11-18,21-24,26-27,31-34,37-40,62H2,1-4H3,(H-,70,71,72);1H/t47?,48?,49-,50?,53?,54?,55-,56?,57+,59+,60-,61-;/m0./s1. The van der Waals surface area contributed by atoms with E-state index >= 15 is 0 Å². The van der Waals surface area contributed by atoms with Crippen molar-refractivity contribution in [1.29, 1.82) is 0 Å². The SMILES string of the molecule is C[C@]12C=CC(=O)C=C1CCC1C2[C@@H](O)C[C@@]2(C)C1C1O[C@@H](C3CCCCC3)O[C@@H]1[C@@H]2C(=O)COC(=O)C(N)CCCC[N+](C)(C)Cc1cc(C(O)CNCCCCCCOCCCCc2ccccc2)ccc1OP(=O)(O)O.[Cl-]. The summed E-state index contributed by atoms with van der Waals surface area (Å²) in [6.45, 7) is 7.34. The van der Waals surface area contributed by atoms with Crippen LogP contribution in [0.3, 0.4) is 0 Å². The highest BCUT2D eigenvalue weighted by atomic mass is 35.5. The van der Waals surface area contributed by atoms with Crippen LogP contribution in [0.25, 0.3) is 0 Å². The molecule has 18 heteroatoms. The first-order chi connectivity index (χ1) is 37.3. The van der Waals surface area contributed by atoms with Gasteiger partial charge in [-0.25, -0.2) is 4.57 Å². The Balaban J connectivity index is 0.00000903. The van der Waals surface area contributed by atoms with Crippen LogP contribution in [-0.2, 0) is 50.9 Å². The maximum atomic E-state index is 14.6. The number of halogens is 1. The molecule has 0 amide bonds. The molecule has 79 heavy (non-hydrogen) atoms. The third-order valence-corrected chi connectivity index (χ3v) is 19.0. The molecule has 0 bridgehead atoms. The van der Waals surface area contributed by atoms with Gasteiger partial charge in [0.25, 0.3) is 0 Å². The summed E-state index contributed by atoms with van der Waals surface area (Å²) in [6, 6.07) is 14.4. The summed E-state index contributed by atoms with van der Waals surface area (Å²) in [7, 11) is -0.900. The molecule has 440 valence electrons. The van der Waals surface area contributed by atoms with Gasteiger partial charge in [0, 0.05) is 42.6 Å². The molecule has 0 radical (unpaired) electrons. The molecule has 12 atom stereocenters. The highest BCUT2D eigenvalue weighted by Crippen LogP contribution is 2.68. The molecule has 5 fully saturated rings. The number of phosphoric acid groups is 1. The molecule has 6 aliphatic rings. The number of hydrogen-bond acceptors (Lipinski definition) is 13. The van der Waals surface area contributed by atoms with Crippen LogP contribution in [-0.4, -0.2) is 126 Å². The maximum absolute atomic E-state index is 14.6. The number of benzene rings is 2. The number of aliphatic hydroxyl groups excluding tert-OH is 2. The number of aryl methyl sites for hydroxylation is 1. The Morgan fingerprint density at radius 2 is 1.63 bits per heavy atom. The van der Waals surface area contributed by atoms with E-state index in [1.54, 1.807) is 24.3 Å². The summed E-state index contributed by atoms with van der Waals surface area (Å²) in [5.41, 5.74) is 8.81. The van der Waals surface area contributed by atoms with Crippen LogP contribution in [0.2, 0.25) is 0 Å². The van der Waals surface area contributed by atoms with Crippen LogP contribution in [0.1, 0.15) is 146 Å². The van der Waals surface area contributed by atoms with Gasteiger partial charge in [0.15, 0.2) is 17.9 Å². The van der Waals surface area contributed by atoms with Gasteiger partial charge in [-0.15, -0.1) is 0 Å². The molecular formula is C61H91ClN3O13P. The van der Waals surface area contributed by atoms with Gasteiger partial charge in [-0.05, 0) is 143 Å². The Kier molecular flexibility index (Phi) is 22.6. The van der Waals surface area contributed by atoms with E-state index < -0.39 is 67.8 Å². The number of rotatable bonds is 29. The minimum Gasteiger partial charge on any atom is -1.00 e. The third-order valence-electron chi connectivity index (χ3n) is 18.5. The molecule has 8 rings (SSSR count). The molecule has 2 aromatic carbocycles. The second-order valence-electron chi connectivity index (χ2n) is 24.8. The molecule has 16 nitrogen and oxygen atoms in total. The Labute approximate surface area is 475 Å². The highest BCUT2D eigenvalue weighted by molar-refractivity contribution is 7.46. The number of allylic oxidation sites excluding steroid dienone is 4. The maximum Gasteiger partial charge on any atom is 0.524 e. The lowest BCUT2D eigenvalue weighted by atomic mass is 9.46. The van der Waals surface area contributed by atoms with Gasteiger partial charge in [0.1, 0.15) is 24.9 Å². The first-order valence-corrected chi connectivity index (χ1v) is 30.9. The van der Waals surface area contributed by atoms with Gasteiger partial charge in [-0.1, -0.05) is 94.0 Å². The third kappa shape index (κ3) is 16.1. The van der Waals surface area contributed by atoms with Gasteiger partial charge >= 0.3 is 13.8 Å². The predicted molar refractivity (Wildman–Crippen MR) is 296 cm³/mol. The minimum atomic E-state index is -4.88. The van der Waals surface area contributed by atoms with Crippen molar-refractivity contribution in [3.8, 4) is 5.75 Å². The van der Waals surface area contributed by atoms with E-state index in [2.05, 4.69) is 43.4 Å². The number of nitrogens with two attached hydrogens (primary N) is 1. The summed E-state index contributed by atoms with van der Waals surface area (Å²) in [5.74, 6) is -1.53. The summed E-state index contributed by atoms with van der Waals surface area (Å²) in [6.07, 6.45) is 18.6. The Bertz CT molecular complexity index is 2450. The number of ether oxygens (including phenoxy) is 4. The van der Waals surface area contributed by atoms with Crippen molar-refractivity contribution in [2.45, 2.75) is 173 Å². The van der Waals surface area contributed by atoms with Crippen molar-refractivity contribution >= 4 is 25.4 Å². The Morgan fingerprint density at radius 3 is 2.38 bits per heavy atom. The highest BCUT2D eigenvalue weighted by Gasteiger charge is 2.71. The second kappa shape index (κ2) is 28.3. The van der Waals surface area contributed by atoms with Crippen LogP contribution >= 0.6 is 7.82 Å². The van der Waals surface area contributed by atoms with E-state index in [0.717, 1.165) is 109 Å². The zero-order valence-electron chi connectivity index (χ0n) is 47.2. The van der Waals surface area contributed by atoms with Crippen LogP contribution in [0.15, 0.2) is 72.3 Å². The topological polar surface area (TPSA) is 233 Å². The lowest BCUT2D eigenvalue weighted by molar-refractivity contribution is -0.903. The van der Waals surface area contributed by atoms with Gasteiger partial charge in [0.2, 0.25) is 0 Å². The largest absolute Gasteiger partial charge is 1.00 e. The minimum absolute atomic E-state index is 0. The lowest BCUT2D eigenvalue weighted by Gasteiger charge is -2.59. The number of Topliss-reactive ketones (excluding diaryl/α,β-unsaturated/α-hetero) is 1. The van der Waals surface area contributed by atoms with Crippen molar-refractivity contribution < 1.29 is 79.3 Å². The molecule has 1 aliphatic heterocycles. The summed E-state index contributed by atoms with van der Waals surface area (Å²) in [5, 5.41) is 26.6. The van der Waals surface area contributed by atoms with E-state index in [9.17, 15) is 38.9 Å². The lowest BCUT2D eigenvalue weighted by Crippen LogP contribution is -3.00. The normalized spacial score (nSPS) is 29.3. The van der Waals surface area contributed by atoms with Crippen LogP contribution in [0, 0.1) is 40.4 Å². The van der Waals surface area contributed by atoms with E-state index in [1.165, 1.54) is 18.1 Å². The number of unbranched alkanes of at least 4 members (excludes halogenated alkanes) is 5. The monoisotopic (exact) mass is 1140 g/mol. The number of nitrogens with one attached hydrogen (secondary N) is 1. The Morgan fingerprint density at radius 1 is 0.911 bits per heavy atom. The van der Waals surface area contributed by atoms with E-state index in [4.69, 9.17) is 29.2 Å². The zero-order chi connectivity index (χ0) is 55.7. The number of quaternary nitrogens is 1. The number of esters is 1. The molecule has 6 unspecified atom stereocenters. The molecule has 7 N–H and O–H groups in total. The number of phosphoric ester groups is 1. The average molecular weight is 1140 g/mol. The number of ketones is 2. The first-order valence-electron chi connectivity index (χ1n) is 29.3. The summed E-state index contributed by atoms with van der Waals surface area (Å²) < 4.78 is 42.9. The number of carbonyl (C=O) groups excluding carboxylic acids is 3. The molecule has 5 aliphatic carbocycles. The Hall–Kier alpha value is -3.35. The van der Waals surface area contributed by atoms with Crippen molar-refractivity contribution in [1.82, 2.24) is 5.32 Å². The molecule has 0 aromatic heterocycles. The molecule has 1 saturated heterocycles. The van der Waals surface area contributed by atoms with Crippen LogP contribution in [0.4, 0.5) is 0 Å². The average Bonchev–Trinajstić information content (AvgIpc) is 4.16. The van der Waals surface area contributed by atoms with Gasteiger partial charge < -0.3 is 61.6 Å². The summed E-state index contributed by atoms with van der Waals surface area (Å²) >= 11 is 0. The fraction of sp³-hybridized carbons (Fsp3) is 0.689. The van der Waals surface area contributed by atoms with Crippen molar-refractivity contribution in [3.05, 3.63) is 89.0 Å². The van der Waals surface area contributed by atoms with Gasteiger partial charge in [0.05, 0.1) is 51.0 Å². The molecule has 1 heterocycles. The van der Waals surface area contributed by atoms with E-state index in [-0.39, 0.29) is 59.5 Å². The van der Waals surface area contributed by atoms with Crippen LogP contribution < -0.4 is 28.0 Å². The van der Waals surface area contributed by atoms with Gasteiger partial charge in [-0.2, -0.15) is 0 Å². The van der Waals surface area contributed by atoms with Crippen LogP contribution in [0.5, 0.6) is 5.75 Å². The van der Waals surface area contributed by atoms with Gasteiger partial charge in [-0.3, -0.25) is 24.2 Å². The fourth-order valence-corrected chi connectivity index (χ4v) is 15.1. The van der Waals surface area contributed by atoms with E-state index in [0.29, 0.717) is 60.9 Å². The van der Waals surface area contributed by atoms with E-state index in [1.807, 2.05) is 26.2 Å². The molecule has 0 spiro atoms. The quantitative estimate of drug-likeness (QED) is 0.0260. The number of fused-ring (bicyclic) bond motifs is 7. The first kappa shape index (κ1) is 63.2. The molecule has 4 saturated carbocycles. The van der Waals surface area contributed by atoms with Crippen molar-refractivity contribution in [2.75, 3.05) is 53.6 Å².